The second kappa shape index (κ2) is 8.04. The van der Waals surface area contributed by atoms with Gasteiger partial charge in [-0.3, -0.25) is 0 Å². The first kappa shape index (κ1) is 21.2. The molecule has 168 valence electrons. The molecule has 1 N–H and O–H groups in total. The van der Waals surface area contributed by atoms with Gasteiger partial charge < -0.3 is 10.2 Å². The van der Waals surface area contributed by atoms with Crippen molar-refractivity contribution in [3.8, 4) is 22.5 Å². The molecule has 2 aromatic heterocycles. The van der Waals surface area contributed by atoms with Gasteiger partial charge in [-0.15, -0.1) is 5.10 Å². The standard InChI is InChI=1S/C22H16ClF3N6O/c23-15-3-1-2-13(8-15)14-10-27-20-29-19(30-32(20)11-14)17-9-16(4-5-18(17)24)28-21(33)31-7-6-22(25,26)12-31/h1-5,8-11H,6-7,12H2,(H,28,33). The Morgan fingerprint density at radius 3 is 2.76 bits per heavy atom. The molecule has 2 amide bonds. The number of urea groups is 1. The summed E-state index contributed by atoms with van der Waals surface area (Å²) in [6.45, 7) is -0.705. The van der Waals surface area contributed by atoms with Crippen molar-refractivity contribution in [3.63, 3.8) is 0 Å². The number of hydrogen-bond donors (Lipinski definition) is 1. The number of alkyl halides is 2. The third-order valence-corrected chi connectivity index (χ3v) is 5.50. The topological polar surface area (TPSA) is 75.4 Å². The fraction of sp³-hybridized carbons (Fsp3) is 0.182. The molecule has 7 nitrogen and oxygen atoms in total. The van der Waals surface area contributed by atoms with Crippen LogP contribution in [-0.2, 0) is 0 Å². The van der Waals surface area contributed by atoms with Crippen LogP contribution in [0.25, 0.3) is 28.3 Å². The lowest BCUT2D eigenvalue weighted by Gasteiger charge is -2.17. The van der Waals surface area contributed by atoms with Crippen LogP contribution in [0.3, 0.4) is 0 Å². The van der Waals surface area contributed by atoms with Crippen molar-refractivity contribution in [2.45, 2.75) is 12.3 Å². The zero-order valence-corrected chi connectivity index (χ0v) is 17.7. The fourth-order valence-electron chi connectivity index (χ4n) is 3.60. The van der Waals surface area contributed by atoms with Crippen molar-refractivity contribution in [2.24, 2.45) is 0 Å². The molecule has 4 aromatic rings. The summed E-state index contributed by atoms with van der Waals surface area (Å²) in [6, 6.07) is 10.4. The SMILES string of the molecule is O=C(Nc1ccc(F)c(-c2nc3ncc(-c4cccc(Cl)c4)cn3n2)c1)N1CCC(F)(F)C1. The number of halogens is 4. The number of fused-ring (bicyclic) bond motifs is 1. The number of nitrogens with zero attached hydrogens (tertiary/aromatic N) is 5. The summed E-state index contributed by atoms with van der Waals surface area (Å²) in [5, 5.41) is 7.42. The molecule has 0 radical (unpaired) electrons. The Morgan fingerprint density at radius 1 is 1.15 bits per heavy atom. The number of amides is 2. The smallest absolute Gasteiger partial charge is 0.318 e. The number of hydrogen-bond acceptors (Lipinski definition) is 4. The second-order valence-electron chi connectivity index (χ2n) is 7.69. The molecule has 3 heterocycles. The number of aromatic nitrogens is 4. The third kappa shape index (κ3) is 4.34. The summed E-state index contributed by atoms with van der Waals surface area (Å²) in [6.07, 6.45) is 2.92. The molecule has 1 aliphatic heterocycles. The minimum atomic E-state index is -2.90. The molecule has 1 saturated heterocycles. The quantitative estimate of drug-likeness (QED) is 0.449. The molecular formula is C22H16ClF3N6O. The molecule has 0 spiro atoms. The first-order chi connectivity index (χ1) is 15.8. The van der Waals surface area contributed by atoms with Crippen molar-refractivity contribution < 1.29 is 18.0 Å². The van der Waals surface area contributed by atoms with Crippen molar-refractivity contribution in [1.82, 2.24) is 24.5 Å². The number of carbonyl (C=O) groups is 1. The number of anilines is 1. The van der Waals surface area contributed by atoms with E-state index in [1.807, 2.05) is 12.1 Å². The van der Waals surface area contributed by atoms with Gasteiger partial charge in [0.05, 0.1) is 12.1 Å². The van der Waals surface area contributed by atoms with Crippen LogP contribution >= 0.6 is 11.6 Å². The summed E-state index contributed by atoms with van der Waals surface area (Å²) in [5.74, 6) is -3.19. The van der Waals surface area contributed by atoms with Gasteiger partial charge >= 0.3 is 6.03 Å². The molecule has 0 saturated carbocycles. The Morgan fingerprint density at radius 2 is 2.00 bits per heavy atom. The highest BCUT2D eigenvalue weighted by atomic mass is 35.5. The Labute approximate surface area is 190 Å². The molecule has 1 aliphatic rings. The Balaban J connectivity index is 1.43. The first-order valence-electron chi connectivity index (χ1n) is 9.99. The van der Waals surface area contributed by atoms with Gasteiger partial charge in [0.2, 0.25) is 0 Å². The highest BCUT2D eigenvalue weighted by Crippen LogP contribution is 2.29. The fourth-order valence-corrected chi connectivity index (χ4v) is 3.79. The zero-order chi connectivity index (χ0) is 23.2. The van der Waals surface area contributed by atoms with Crippen LogP contribution in [-0.4, -0.2) is 49.5 Å². The number of carbonyl (C=O) groups excluding carboxylic acids is 1. The Bertz CT molecular complexity index is 1380. The van der Waals surface area contributed by atoms with Gasteiger partial charge in [-0.05, 0) is 35.9 Å². The van der Waals surface area contributed by atoms with Gasteiger partial charge in [-0.25, -0.2) is 27.5 Å². The van der Waals surface area contributed by atoms with Crippen LogP contribution in [0, 0.1) is 5.82 Å². The van der Waals surface area contributed by atoms with E-state index < -0.39 is 24.3 Å². The van der Waals surface area contributed by atoms with E-state index in [0.717, 1.165) is 22.1 Å². The van der Waals surface area contributed by atoms with Crippen LogP contribution < -0.4 is 5.32 Å². The second-order valence-corrected chi connectivity index (χ2v) is 8.12. The van der Waals surface area contributed by atoms with E-state index in [0.29, 0.717) is 5.02 Å². The Kier molecular flexibility index (Phi) is 5.16. The monoisotopic (exact) mass is 472 g/mol. The van der Waals surface area contributed by atoms with E-state index in [9.17, 15) is 18.0 Å². The average Bonchev–Trinajstić information content (AvgIpc) is 3.37. The largest absolute Gasteiger partial charge is 0.322 e. The van der Waals surface area contributed by atoms with E-state index in [2.05, 4.69) is 20.4 Å². The normalized spacial score (nSPS) is 15.2. The maximum Gasteiger partial charge on any atom is 0.322 e. The van der Waals surface area contributed by atoms with Crippen molar-refractivity contribution in [2.75, 3.05) is 18.4 Å². The molecule has 33 heavy (non-hydrogen) atoms. The summed E-state index contributed by atoms with van der Waals surface area (Å²) in [5.41, 5.74) is 1.84. The lowest BCUT2D eigenvalue weighted by atomic mass is 10.1. The molecule has 2 aromatic carbocycles. The summed E-state index contributed by atoms with van der Waals surface area (Å²) < 4.78 is 42.8. The predicted octanol–water partition coefficient (Wildman–Crippen LogP) is 5.12. The predicted molar refractivity (Wildman–Crippen MR) is 117 cm³/mol. The highest BCUT2D eigenvalue weighted by Gasteiger charge is 2.40. The first-order valence-corrected chi connectivity index (χ1v) is 10.4. The van der Waals surface area contributed by atoms with Gasteiger partial charge in [0.15, 0.2) is 5.82 Å². The van der Waals surface area contributed by atoms with E-state index in [-0.39, 0.29) is 35.8 Å². The Hall–Kier alpha value is -3.66. The van der Waals surface area contributed by atoms with Crippen molar-refractivity contribution in [3.05, 3.63) is 65.7 Å². The van der Waals surface area contributed by atoms with Crippen LogP contribution in [0.15, 0.2) is 54.9 Å². The minimum absolute atomic E-state index is 0.0364. The van der Waals surface area contributed by atoms with Gasteiger partial charge in [-0.1, -0.05) is 23.7 Å². The zero-order valence-electron chi connectivity index (χ0n) is 17.0. The lowest BCUT2D eigenvalue weighted by Crippen LogP contribution is -2.34. The minimum Gasteiger partial charge on any atom is -0.318 e. The van der Waals surface area contributed by atoms with E-state index in [1.165, 1.54) is 16.6 Å². The molecule has 0 bridgehead atoms. The van der Waals surface area contributed by atoms with Crippen LogP contribution in [0.4, 0.5) is 23.7 Å². The summed E-state index contributed by atoms with van der Waals surface area (Å²) in [7, 11) is 0. The molecule has 0 aliphatic carbocycles. The lowest BCUT2D eigenvalue weighted by molar-refractivity contribution is 0.0159. The van der Waals surface area contributed by atoms with Crippen molar-refractivity contribution in [1.29, 1.82) is 0 Å². The van der Waals surface area contributed by atoms with E-state index in [1.54, 1.807) is 24.5 Å². The summed E-state index contributed by atoms with van der Waals surface area (Å²) in [4.78, 5) is 21.9. The summed E-state index contributed by atoms with van der Waals surface area (Å²) >= 11 is 6.05. The van der Waals surface area contributed by atoms with Gasteiger partial charge in [0.25, 0.3) is 11.7 Å². The van der Waals surface area contributed by atoms with Gasteiger partial charge in [0.1, 0.15) is 5.82 Å². The third-order valence-electron chi connectivity index (χ3n) is 5.27. The van der Waals surface area contributed by atoms with E-state index in [4.69, 9.17) is 11.6 Å². The maximum atomic E-state index is 14.6. The molecule has 1 fully saturated rings. The van der Waals surface area contributed by atoms with Crippen molar-refractivity contribution >= 4 is 29.1 Å². The molecule has 0 unspecified atom stereocenters. The average molecular weight is 473 g/mol. The number of benzene rings is 2. The van der Waals surface area contributed by atoms with Crippen LogP contribution in [0.2, 0.25) is 5.02 Å². The highest BCUT2D eigenvalue weighted by molar-refractivity contribution is 6.30. The maximum absolute atomic E-state index is 14.6. The molecule has 5 rings (SSSR count). The van der Waals surface area contributed by atoms with Gasteiger partial charge in [-0.2, -0.15) is 4.98 Å². The molecular weight excluding hydrogens is 457 g/mol. The van der Waals surface area contributed by atoms with Crippen LogP contribution in [0.1, 0.15) is 6.42 Å². The molecule has 0 atom stereocenters. The molecule has 11 heteroatoms. The number of nitrogens with one attached hydrogen (secondary N) is 1. The number of likely N-dealkylation sites (tertiary alicyclic amines) is 1. The van der Waals surface area contributed by atoms with Crippen LogP contribution in [0.5, 0.6) is 0 Å². The number of rotatable bonds is 3. The van der Waals surface area contributed by atoms with Gasteiger partial charge in [0, 0.05) is 41.6 Å². The van der Waals surface area contributed by atoms with E-state index >= 15 is 0 Å².